The number of aliphatic hydroxyl groups excluding tert-OH is 2. The Morgan fingerprint density at radius 3 is 2.61 bits per heavy atom. The Bertz CT molecular complexity index is 725. The molecule has 1 aromatic heterocycles. The van der Waals surface area contributed by atoms with Gasteiger partial charge >= 0.3 is 13.5 Å². The predicted molar refractivity (Wildman–Crippen MR) is 71.2 cm³/mol. The second-order valence-electron chi connectivity index (χ2n) is 4.96. The van der Waals surface area contributed by atoms with Gasteiger partial charge in [0.15, 0.2) is 0 Å². The van der Waals surface area contributed by atoms with Crippen LogP contribution in [0.3, 0.4) is 0 Å². The SMILES string of the molecule is O=c1ccn(C[C@H]2O[C@](O)(COP(=O)(O)O)[C@@H](O)[C@@H]2O)c(=O)[nH]1. The van der Waals surface area contributed by atoms with E-state index in [1.807, 2.05) is 4.98 Å². The summed E-state index contributed by atoms with van der Waals surface area (Å²) in [6, 6.07) is 1.04. The normalized spacial score (nSPS) is 31.4. The lowest BCUT2D eigenvalue weighted by atomic mass is 10.1. The van der Waals surface area contributed by atoms with Crippen molar-refractivity contribution < 1.29 is 38.9 Å². The van der Waals surface area contributed by atoms with Crippen LogP contribution in [0.5, 0.6) is 0 Å². The minimum Gasteiger partial charge on any atom is -0.387 e. The topological polar surface area (TPSA) is 192 Å². The average molecular weight is 354 g/mol. The molecule has 1 fully saturated rings. The van der Waals surface area contributed by atoms with E-state index in [0.29, 0.717) is 0 Å². The zero-order chi connectivity index (χ0) is 17.4. The molecule has 6 N–H and O–H groups in total. The third-order valence-electron chi connectivity index (χ3n) is 3.24. The van der Waals surface area contributed by atoms with Gasteiger partial charge in [0.05, 0.1) is 6.54 Å². The number of hydrogen-bond acceptors (Lipinski definition) is 8. The molecule has 2 heterocycles. The van der Waals surface area contributed by atoms with Crippen LogP contribution in [-0.4, -0.2) is 65.4 Å². The summed E-state index contributed by atoms with van der Waals surface area (Å²) < 4.78 is 20.7. The summed E-state index contributed by atoms with van der Waals surface area (Å²) in [7, 11) is -4.93. The highest BCUT2D eigenvalue weighted by molar-refractivity contribution is 7.46. The quantitative estimate of drug-likeness (QED) is 0.288. The molecule has 0 aromatic carbocycles. The number of rotatable bonds is 5. The van der Waals surface area contributed by atoms with Gasteiger partial charge in [-0.1, -0.05) is 0 Å². The highest BCUT2D eigenvalue weighted by Gasteiger charge is 2.54. The molecule has 0 unspecified atom stereocenters. The molecule has 0 saturated carbocycles. The lowest BCUT2D eigenvalue weighted by Crippen LogP contribution is -2.46. The molecule has 13 heteroatoms. The van der Waals surface area contributed by atoms with E-state index in [9.17, 15) is 29.5 Å². The standard InChI is InChI=1S/C10H15N2O10P/c13-6-1-2-12(9(16)11-6)3-5-7(14)8(15)10(17,22-5)4-21-23(18,19)20/h1-2,5,7-8,14-15,17H,3-4H2,(H,11,13,16)(H2,18,19,20)/t5-,7-,8+,10-/m1/s1. The summed E-state index contributed by atoms with van der Waals surface area (Å²) >= 11 is 0. The Morgan fingerprint density at radius 2 is 2.04 bits per heavy atom. The van der Waals surface area contributed by atoms with Crippen LogP contribution in [0.25, 0.3) is 0 Å². The van der Waals surface area contributed by atoms with E-state index in [0.717, 1.165) is 16.8 Å². The van der Waals surface area contributed by atoms with Gasteiger partial charge in [-0.25, -0.2) is 9.36 Å². The first-order valence-electron chi connectivity index (χ1n) is 6.28. The van der Waals surface area contributed by atoms with Gasteiger partial charge in [-0.2, -0.15) is 0 Å². The number of hydrogen-bond donors (Lipinski definition) is 6. The van der Waals surface area contributed by atoms with Crippen LogP contribution in [0.2, 0.25) is 0 Å². The van der Waals surface area contributed by atoms with Crippen molar-refractivity contribution in [3.8, 4) is 0 Å². The fourth-order valence-electron chi connectivity index (χ4n) is 2.09. The first-order valence-corrected chi connectivity index (χ1v) is 7.81. The van der Waals surface area contributed by atoms with E-state index >= 15 is 0 Å². The van der Waals surface area contributed by atoms with Crippen molar-refractivity contribution in [2.45, 2.75) is 30.6 Å². The van der Waals surface area contributed by atoms with Gasteiger partial charge in [0.25, 0.3) is 5.56 Å². The second-order valence-corrected chi connectivity index (χ2v) is 6.20. The van der Waals surface area contributed by atoms with Crippen LogP contribution < -0.4 is 11.2 Å². The highest BCUT2D eigenvalue weighted by Crippen LogP contribution is 2.39. The number of nitrogens with one attached hydrogen (secondary N) is 1. The lowest BCUT2D eigenvalue weighted by molar-refractivity contribution is -0.244. The van der Waals surface area contributed by atoms with Crippen molar-refractivity contribution in [3.63, 3.8) is 0 Å². The summed E-state index contributed by atoms with van der Waals surface area (Å²) in [6.45, 7) is -1.45. The number of phosphoric ester groups is 1. The summed E-state index contributed by atoms with van der Waals surface area (Å²) in [5, 5.41) is 29.6. The Morgan fingerprint density at radius 1 is 1.39 bits per heavy atom. The fraction of sp³-hybridized carbons (Fsp3) is 0.600. The zero-order valence-electron chi connectivity index (χ0n) is 11.5. The molecule has 0 bridgehead atoms. The van der Waals surface area contributed by atoms with E-state index < -0.39 is 49.8 Å². The van der Waals surface area contributed by atoms with Crippen LogP contribution in [0.1, 0.15) is 0 Å². The number of aromatic amines is 1. The van der Waals surface area contributed by atoms with Gasteiger partial charge in [0.2, 0.25) is 5.79 Å². The maximum atomic E-state index is 11.6. The molecule has 0 spiro atoms. The minimum absolute atomic E-state index is 0.341. The number of H-pyrrole nitrogens is 1. The lowest BCUT2D eigenvalue weighted by Gasteiger charge is -2.25. The van der Waals surface area contributed by atoms with E-state index in [1.54, 1.807) is 0 Å². The maximum absolute atomic E-state index is 11.6. The van der Waals surface area contributed by atoms with E-state index in [1.165, 1.54) is 0 Å². The molecular weight excluding hydrogens is 339 g/mol. The molecule has 0 aliphatic carbocycles. The average Bonchev–Trinajstić information content (AvgIpc) is 2.64. The largest absolute Gasteiger partial charge is 0.469 e. The summed E-state index contributed by atoms with van der Waals surface area (Å²) in [6.07, 6.45) is -3.77. The Kier molecular flexibility index (Phi) is 4.89. The molecular formula is C10H15N2O10P. The van der Waals surface area contributed by atoms with Crippen molar-refractivity contribution in [2.24, 2.45) is 0 Å². The third-order valence-corrected chi connectivity index (χ3v) is 3.70. The van der Waals surface area contributed by atoms with Gasteiger partial charge in [0.1, 0.15) is 24.9 Å². The number of ether oxygens (including phenoxy) is 1. The van der Waals surface area contributed by atoms with Crippen molar-refractivity contribution in [3.05, 3.63) is 33.1 Å². The molecule has 1 aromatic rings. The maximum Gasteiger partial charge on any atom is 0.469 e. The van der Waals surface area contributed by atoms with Gasteiger partial charge < -0.3 is 29.8 Å². The van der Waals surface area contributed by atoms with E-state index in [-0.39, 0.29) is 6.54 Å². The zero-order valence-corrected chi connectivity index (χ0v) is 12.4. The van der Waals surface area contributed by atoms with Gasteiger partial charge in [-0.15, -0.1) is 0 Å². The first kappa shape index (κ1) is 18.0. The third kappa shape index (κ3) is 4.13. The first-order chi connectivity index (χ1) is 10.5. The molecule has 2 rings (SSSR count). The Hall–Kier alpha value is -1.37. The predicted octanol–water partition coefficient (Wildman–Crippen LogP) is -3.54. The number of aliphatic hydroxyl groups is 3. The van der Waals surface area contributed by atoms with E-state index in [2.05, 4.69) is 4.52 Å². The molecule has 12 nitrogen and oxygen atoms in total. The summed E-state index contributed by atoms with van der Waals surface area (Å²) in [4.78, 5) is 41.7. The van der Waals surface area contributed by atoms with Crippen molar-refractivity contribution in [1.82, 2.24) is 9.55 Å². The van der Waals surface area contributed by atoms with Crippen LogP contribution in [0, 0.1) is 0 Å². The van der Waals surface area contributed by atoms with Crippen LogP contribution in [0.15, 0.2) is 21.9 Å². The van der Waals surface area contributed by atoms with Crippen molar-refractivity contribution in [1.29, 1.82) is 0 Å². The van der Waals surface area contributed by atoms with Crippen LogP contribution in [-0.2, 0) is 20.4 Å². The Balaban J connectivity index is 2.14. The highest BCUT2D eigenvalue weighted by atomic mass is 31.2. The molecule has 130 valence electrons. The Labute approximate surface area is 127 Å². The molecule has 0 amide bonds. The fourth-order valence-corrected chi connectivity index (χ4v) is 2.45. The van der Waals surface area contributed by atoms with Gasteiger partial charge in [-0.05, 0) is 0 Å². The summed E-state index contributed by atoms with van der Waals surface area (Å²) in [5.41, 5.74) is -1.43. The smallest absolute Gasteiger partial charge is 0.387 e. The van der Waals surface area contributed by atoms with Crippen LogP contribution in [0.4, 0.5) is 0 Å². The van der Waals surface area contributed by atoms with Gasteiger partial charge in [0, 0.05) is 12.3 Å². The minimum atomic E-state index is -4.93. The second kappa shape index (κ2) is 6.26. The molecule has 4 atom stereocenters. The van der Waals surface area contributed by atoms with E-state index in [4.69, 9.17) is 14.5 Å². The monoisotopic (exact) mass is 354 g/mol. The molecule has 23 heavy (non-hydrogen) atoms. The number of phosphoric acid groups is 1. The number of aromatic nitrogens is 2. The molecule has 1 aliphatic heterocycles. The molecule has 0 radical (unpaired) electrons. The van der Waals surface area contributed by atoms with Crippen molar-refractivity contribution >= 4 is 7.82 Å². The van der Waals surface area contributed by atoms with Gasteiger partial charge in [-0.3, -0.25) is 18.9 Å². The van der Waals surface area contributed by atoms with Crippen molar-refractivity contribution in [2.75, 3.05) is 6.61 Å². The molecule has 1 aliphatic rings. The molecule has 1 saturated heterocycles. The van der Waals surface area contributed by atoms with Crippen LogP contribution >= 0.6 is 7.82 Å². The number of nitrogens with zero attached hydrogens (tertiary/aromatic N) is 1. The summed E-state index contributed by atoms with van der Waals surface area (Å²) in [5.74, 6) is -2.57.